The fourth-order valence-corrected chi connectivity index (χ4v) is 9.83. The van der Waals surface area contributed by atoms with Gasteiger partial charge in [-0.1, -0.05) is 47.7 Å². The number of hydrogen-bond acceptors (Lipinski definition) is 6. The zero-order valence-corrected chi connectivity index (χ0v) is 19.0. The van der Waals surface area contributed by atoms with Crippen LogP contribution in [0.25, 0.3) is 0 Å². The Labute approximate surface area is 197 Å². The Kier molecular flexibility index (Phi) is 4.06. The molecule has 3 aromatic rings. The number of nitrogens with one attached hydrogen (secondary N) is 1. The zero-order valence-electron chi connectivity index (χ0n) is 17.4. The summed E-state index contributed by atoms with van der Waals surface area (Å²) in [6.07, 6.45) is 0.834. The molecule has 8 heteroatoms. The molecule has 2 aliphatic carbocycles. The lowest BCUT2D eigenvalue weighted by molar-refractivity contribution is -0.123. The molecule has 2 aliphatic heterocycles. The molecule has 2 amide bonds. The first-order chi connectivity index (χ1) is 16.0. The van der Waals surface area contributed by atoms with Crippen molar-refractivity contribution in [1.29, 1.82) is 0 Å². The molecule has 3 fully saturated rings. The van der Waals surface area contributed by atoms with Gasteiger partial charge in [-0.2, -0.15) is 0 Å². The van der Waals surface area contributed by atoms with Crippen LogP contribution in [0.4, 0.5) is 5.69 Å². The van der Waals surface area contributed by atoms with Gasteiger partial charge in [0.15, 0.2) is 0 Å². The minimum atomic E-state index is -0.338. The van der Waals surface area contributed by atoms with Gasteiger partial charge in [-0.25, -0.2) is 0 Å². The smallest absolute Gasteiger partial charge is 0.305 e. The first kappa shape index (κ1) is 19.6. The van der Waals surface area contributed by atoms with Gasteiger partial charge in [0, 0.05) is 21.6 Å². The van der Waals surface area contributed by atoms with E-state index in [9.17, 15) is 19.5 Å². The highest BCUT2D eigenvalue weighted by molar-refractivity contribution is 8.00. The second-order valence-electron chi connectivity index (χ2n) is 9.37. The number of rotatable bonds is 2. The number of thioether (sulfide) groups is 1. The Balaban J connectivity index is 1.36. The van der Waals surface area contributed by atoms with Crippen LogP contribution >= 0.6 is 23.1 Å². The third kappa shape index (κ3) is 2.53. The van der Waals surface area contributed by atoms with Gasteiger partial charge in [0.1, 0.15) is 5.75 Å². The molecule has 0 spiro atoms. The van der Waals surface area contributed by atoms with Crippen LogP contribution in [-0.4, -0.2) is 27.2 Å². The number of fused-ring (bicyclic) bond motifs is 9. The van der Waals surface area contributed by atoms with Crippen molar-refractivity contribution in [2.24, 2.45) is 29.6 Å². The summed E-state index contributed by atoms with van der Waals surface area (Å²) >= 11 is 2.85. The third-order valence-electron chi connectivity index (χ3n) is 8.01. The molecule has 166 valence electrons. The first-order valence-electron chi connectivity index (χ1n) is 11.1. The molecule has 0 unspecified atom stereocenters. The highest BCUT2D eigenvalue weighted by Crippen LogP contribution is 2.69. The number of benzene rings is 2. The maximum atomic E-state index is 13.6. The SMILES string of the molecule is O=C1[C@@H]2[C@H]3C[C@@H]([C@@H]2C(=O)N1c1ccccc1)[C@H]1[C@@H](c2ccccc2O)c2sc(=O)[nH]c2S[C@@H]31. The van der Waals surface area contributed by atoms with Crippen LogP contribution in [0.15, 0.2) is 64.4 Å². The van der Waals surface area contributed by atoms with Crippen molar-refractivity contribution >= 4 is 40.6 Å². The van der Waals surface area contributed by atoms with E-state index in [0.29, 0.717) is 5.69 Å². The van der Waals surface area contributed by atoms with Gasteiger partial charge in [-0.05, 0) is 42.4 Å². The molecule has 1 saturated heterocycles. The summed E-state index contributed by atoms with van der Waals surface area (Å²) in [5.41, 5.74) is 1.43. The number of phenols is 1. The van der Waals surface area contributed by atoms with E-state index in [2.05, 4.69) is 4.98 Å². The fourth-order valence-electron chi connectivity index (χ4n) is 6.95. The molecular weight excluding hydrogens is 456 g/mol. The van der Waals surface area contributed by atoms with Gasteiger partial charge >= 0.3 is 4.87 Å². The Bertz CT molecular complexity index is 1370. The number of aromatic hydroxyl groups is 1. The quantitative estimate of drug-likeness (QED) is 0.549. The number of para-hydroxylation sites is 2. The van der Waals surface area contributed by atoms with Gasteiger partial charge in [0.2, 0.25) is 11.8 Å². The zero-order chi connectivity index (χ0) is 22.4. The van der Waals surface area contributed by atoms with Crippen molar-refractivity contribution in [2.45, 2.75) is 22.6 Å². The van der Waals surface area contributed by atoms with E-state index in [1.54, 1.807) is 23.9 Å². The molecule has 6 nitrogen and oxygen atoms in total. The number of imide groups is 1. The minimum absolute atomic E-state index is 0.0395. The number of amides is 2. The molecule has 2 bridgehead atoms. The molecule has 1 aromatic heterocycles. The Hall–Kier alpha value is -2.84. The largest absolute Gasteiger partial charge is 0.508 e. The minimum Gasteiger partial charge on any atom is -0.508 e. The van der Waals surface area contributed by atoms with Gasteiger partial charge in [0.05, 0.1) is 22.5 Å². The van der Waals surface area contributed by atoms with Crippen LogP contribution in [0.1, 0.15) is 22.8 Å². The number of H-pyrrole nitrogens is 1. The molecule has 7 atom stereocenters. The molecule has 3 heterocycles. The molecule has 0 radical (unpaired) electrons. The molecule has 33 heavy (non-hydrogen) atoms. The average Bonchev–Trinajstić information content (AvgIpc) is 3.54. The fraction of sp³-hybridized carbons (Fsp3) is 0.320. The van der Waals surface area contributed by atoms with Gasteiger partial charge in [-0.15, -0.1) is 11.8 Å². The highest BCUT2D eigenvalue weighted by Gasteiger charge is 2.69. The number of carbonyl (C=O) groups is 2. The van der Waals surface area contributed by atoms with E-state index in [1.807, 2.05) is 42.5 Å². The molecule has 7 rings (SSSR count). The monoisotopic (exact) mass is 476 g/mol. The number of thiazole rings is 1. The van der Waals surface area contributed by atoms with Crippen LogP contribution < -0.4 is 9.77 Å². The molecule has 4 aliphatic rings. The van der Waals surface area contributed by atoms with Crippen molar-refractivity contribution in [2.75, 3.05) is 4.90 Å². The van der Waals surface area contributed by atoms with Crippen LogP contribution in [0.3, 0.4) is 0 Å². The predicted molar refractivity (Wildman–Crippen MR) is 126 cm³/mol. The van der Waals surface area contributed by atoms with Crippen molar-refractivity contribution in [3.05, 3.63) is 74.7 Å². The van der Waals surface area contributed by atoms with Crippen molar-refractivity contribution < 1.29 is 14.7 Å². The number of aromatic nitrogens is 1. The number of aromatic amines is 1. The second-order valence-corrected chi connectivity index (χ2v) is 11.6. The Morgan fingerprint density at radius 1 is 0.909 bits per heavy atom. The maximum Gasteiger partial charge on any atom is 0.305 e. The lowest BCUT2D eigenvalue weighted by atomic mass is 9.68. The number of hydrogen-bond donors (Lipinski definition) is 2. The lowest BCUT2D eigenvalue weighted by Crippen LogP contribution is -2.42. The van der Waals surface area contributed by atoms with Crippen LogP contribution in [0.5, 0.6) is 5.75 Å². The van der Waals surface area contributed by atoms with Crippen molar-refractivity contribution in [3.63, 3.8) is 0 Å². The summed E-state index contributed by atoms with van der Waals surface area (Å²) in [5, 5.41) is 11.7. The van der Waals surface area contributed by atoms with E-state index in [4.69, 9.17) is 0 Å². The number of phenolic OH excluding ortho intramolecular Hbond substituents is 1. The molecule has 2 N–H and O–H groups in total. The topological polar surface area (TPSA) is 90.5 Å². The van der Waals surface area contributed by atoms with Crippen LogP contribution in [-0.2, 0) is 9.59 Å². The van der Waals surface area contributed by atoms with Gasteiger partial charge in [0.25, 0.3) is 0 Å². The number of anilines is 1. The summed E-state index contributed by atoms with van der Waals surface area (Å²) in [5.74, 6) is -0.602. The summed E-state index contributed by atoms with van der Waals surface area (Å²) in [6.45, 7) is 0. The van der Waals surface area contributed by atoms with E-state index in [1.165, 1.54) is 16.2 Å². The number of nitrogens with zero attached hydrogens (tertiary/aromatic N) is 1. The predicted octanol–water partition coefficient (Wildman–Crippen LogP) is 3.82. The summed E-state index contributed by atoms with van der Waals surface area (Å²) < 4.78 is 0. The van der Waals surface area contributed by atoms with E-state index in [-0.39, 0.29) is 63.2 Å². The molecule has 2 aromatic carbocycles. The standard InChI is InChI=1S/C25H20N2O4S2/c28-15-9-5-4-8-12(15)16-17-13-10-14(20(17)32-22-21(16)33-25(31)26-22)19-18(13)23(29)27(24(19)30)11-6-2-1-3-7-11/h1-9,13-14,16-20,28H,10H2,(H,26,31)/t13-,14-,16-,17+,18+,19-,20+/m1/s1. The second kappa shape index (κ2) is 6.84. The van der Waals surface area contributed by atoms with Crippen molar-refractivity contribution in [3.8, 4) is 5.75 Å². The molecule has 2 saturated carbocycles. The third-order valence-corrected chi connectivity index (χ3v) is 10.6. The summed E-state index contributed by atoms with van der Waals surface area (Å²) in [6, 6.07) is 16.5. The highest BCUT2D eigenvalue weighted by atomic mass is 32.2. The van der Waals surface area contributed by atoms with Crippen molar-refractivity contribution in [1.82, 2.24) is 4.98 Å². The lowest BCUT2D eigenvalue weighted by Gasteiger charge is -2.43. The Morgan fingerprint density at radius 2 is 1.61 bits per heavy atom. The first-order valence-corrected chi connectivity index (χ1v) is 12.8. The van der Waals surface area contributed by atoms with Gasteiger partial charge < -0.3 is 10.1 Å². The maximum absolute atomic E-state index is 13.6. The van der Waals surface area contributed by atoms with E-state index >= 15 is 0 Å². The van der Waals surface area contributed by atoms with Crippen LogP contribution in [0.2, 0.25) is 0 Å². The normalized spacial score (nSPS) is 33.8. The Morgan fingerprint density at radius 3 is 2.36 bits per heavy atom. The summed E-state index contributed by atoms with van der Waals surface area (Å²) in [7, 11) is 0. The number of carbonyl (C=O) groups excluding carboxylic acids is 2. The summed E-state index contributed by atoms with van der Waals surface area (Å²) in [4.78, 5) is 44.6. The van der Waals surface area contributed by atoms with Gasteiger partial charge in [-0.3, -0.25) is 19.3 Å². The van der Waals surface area contributed by atoms with E-state index < -0.39 is 0 Å². The average molecular weight is 477 g/mol. The molecular formula is C25H20N2O4S2. The van der Waals surface area contributed by atoms with E-state index in [0.717, 1.165) is 21.9 Å². The van der Waals surface area contributed by atoms with Crippen LogP contribution in [0, 0.1) is 29.6 Å².